The van der Waals surface area contributed by atoms with Crippen LogP contribution in [0.15, 0.2) is 12.5 Å². The van der Waals surface area contributed by atoms with Crippen molar-refractivity contribution < 1.29 is 24.3 Å². The standard InChI is InChI=1S/C16H24N4O5/c1-10(21)12(4-5-13(22)23)20-15(25)16(2,3)14(24)18-7-6-11-8-17-9-19-11/h8-9,12H,4-7H2,1-3H3,(H,17,19)(H,18,24)(H,20,25)(H,22,23)/t12-/m0/s1. The predicted octanol–water partition coefficient (Wildman–Crippen LogP) is 0.0332. The Labute approximate surface area is 145 Å². The lowest BCUT2D eigenvalue weighted by Gasteiger charge is -2.25. The fourth-order valence-corrected chi connectivity index (χ4v) is 2.04. The van der Waals surface area contributed by atoms with Gasteiger partial charge >= 0.3 is 5.97 Å². The van der Waals surface area contributed by atoms with Gasteiger partial charge in [0.05, 0.1) is 12.4 Å². The predicted molar refractivity (Wildman–Crippen MR) is 88.6 cm³/mol. The summed E-state index contributed by atoms with van der Waals surface area (Å²) in [6, 6.07) is -0.930. The summed E-state index contributed by atoms with van der Waals surface area (Å²) in [6.07, 6.45) is 3.45. The zero-order valence-corrected chi connectivity index (χ0v) is 14.6. The summed E-state index contributed by atoms with van der Waals surface area (Å²) < 4.78 is 0. The van der Waals surface area contributed by atoms with Crippen LogP contribution in [-0.2, 0) is 25.6 Å². The van der Waals surface area contributed by atoms with E-state index in [1.807, 2.05) is 0 Å². The SMILES string of the molecule is CC(=O)[C@H](CCC(=O)O)NC(=O)C(C)(C)C(=O)NCCc1cnc[nH]1. The molecule has 0 radical (unpaired) electrons. The average molecular weight is 352 g/mol. The highest BCUT2D eigenvalue weighted by Gasteiger charge is 2.37. The van der Waals surface area contributed by atoms with E-state index in [2.05, 4.69) is 20.6 Å². The van der Waals surface area contributed by atoms with Crippen LogP contribution < -0.4 is 10.6 Å². The number of aromatic nitrogens is 2. The fourth-order valence-electron chi connectivity index (χ4n) is 2.04. The Kier molecular flexibility index (Phi) is 7.28. The van der Waals surface area contributed by atoms with Crippen molar-refractivity contribution in [1.82, 2.24) is 20.6 Å². The van der Waals surface area contributed by atoms with Gasteiger partial charge in [0.15, 0.2) is 5.78 Å². The number of amides is 2. The maximum atomic E-state index is 12.4. The molecule has 1 rings (SSSR count). The number of nitrogens with zero attached hydrogens (tertiary/aromatic N) is 1. The Morgan fingerprint density at radius 1 is 1.28 bits per heavy atom. The van der Waals surface area contributed by atoms with E-state index in [0.29, 0.717) is 13.0 Å². The number of carbonyl (C=O) groups is 4. The smallest absolute Gasteiger partial charge is 0.303 e. The molecular weight excluding hydrogens is 328 g/mol. The summed E-state index contributed by atoms with van der Waals surface area (Å²) in [5, 5.41) is 13.8. The molecule has 0 saturated carbocycles. The minimum Gasteiger partial charge on any atom is -0.481 e. The highest BCUT2D eigenvalue weighted by molar-refractivity contribution is 6.05. The molecule has 138 valence electrons. The minimum atomic E-state index is -1.40. The lowest BCUT2D eigenvalue weighted by Crippen LogP contribution is -2.52. The Morgan fingerprint density at radius 2 is 1.96 bits per heavy atom. The van der Waals surface area contributed by atoms with Crippen LogP contribution in [0.25, 0.3) is 0 Å². The Morgan fingerprint density at radius 3 is 2.48 bits per heavy atom. The summed E-state index contributed by atoms with van der Waals surface area (Å²) in [6.45, 7) is 4.49. The Hall–Kier alpha value is -2.71. The van der Waals surface area contributed by atoms with Crippen molar-refractivity contribution in [3.05, 3.63) is 18.2 Å². The number of carbonyl (C=O) groups excluding carboxylic acids is 3. The summed E-state index contributed by atoms with van der Waals surface area (Å²) in [5.74, 6) is -2.52. The Bertz CT molecular complexity index is 624. The van der Waals surface area contributed by atoms with Gasteiger partial charge in [0.1, 0.15) is 5.41 Å². The molecule has 0 aromatic carbocycles. The van der Waals surface area contributed by atoms with Gasteiger partial charge in [0, 0.05) is 31.3 Å². The number of aliphatic carboxylic acids is 1. The molecule has 25 heavy (non-hydrogen) atoms. The quantitative estimate of drug-likeness (QED) is 0.438. The summed E-state index contributed by atoms with van der Waals surface area (Å²) >= 11 is 0. The van der Waals surface area contributed by atoms with E-state index in [-0.39, 0.29) is 18.6 Å². The van der Waals surface area contributed by atoms with Crippen LogP contribution in [-0.4, -0.2) is 51.2 Å². The van der Waals surface area contributed by atoms with Crippen LogP contribution >= 0.6 is 0 Å². The number of carboxylic acids is 1. The lowest BCUT2D eigenvalue weighted by atomic mass is 9.90. The topological polar surface area (TPSA) is 141 Å². The monoisotopic (exact) mass is 352 g/mol. The number of H-pyrrole nitrogens is 1. The molecule has 0 bridgehead atoms. The first kappa shape index (κ1) is 20.3. The van der Waals surface area contributed by atoms with E-state index in [1.165, 1.54) is 27.1 Å². The molecule has 0 spiro atoms. The van der Waals surface area contributed by atoms with Gasteiger partial charge in [-0.15, -0.1) is 0 Å². The third-order valence-electron chi connectivity index (χ3n) is 3.81. The van der Waals surface area contributed by atoms with E-state index in [0.717, 1.165) is 5.69 Å². The number of hydrogen-bond donors (Lipinski definition) is 4. The molecule has 4 N–H and O–H groups in total. The molecule has 0 aliphatic rings. The fraction of sp³-hybridized carbons (Fsp3) is 0.562. The van der Waals surface area contributed by atoms with Crippen molar-refractivity contribution in [1.29, 1.82) is 0 Å². The third-order valence-corrected chi connectivity index (χ3v) is 3.81. The van der Waals surface area contributed by atoms with Crippen LogP contribution in [0.5, 0.6) is 0 Å². The molecule has 1 aromatic heterocycles. The van der Waals surface area contributed by atoms with Crippen molar-refractivity contribution in [3.63, 3.8) is 0 Å². The third kappa shape index (κ3) is 6.36. The molecule has 2 amide bonds. The molecular formula is C16H24N4O5. The van der Waals surface area contributed by atoms with Crippen LogP contribution in [0.3, 0.4) is 0 Å². The average Bonchev–Trinajstić information content (AvgIpc) is 3.03. The molecule has 0 saturated heterocycles. The normalized spacial score (nSPS) is 12.3. The molecule has 1 atom stereocenters. The zero-order valence-electron chi connectivity index (χ0n) is 14.6. The van der Waals surface area contributed by atoms with Gasteiger partial charge in [-0.05, 0) is 27.2 Å². The first-order valence-electron chi connectivity index (χ1n) is 7.93. The van der Waals surface area contributed by atoms with Crippen molar-refractivity contribution in [2.75, 3.05) is 6.54 Å². The van der Waals surface area contributed by atoms with Crippen molar-refractivity contribution in [3.8, 4) is 0 Å². The van der Waals surface area contributed by atoms with E-state index in [1.54, 1.807) is 6.20 Å². The van der Waals surface area contributed by atoms with Gasteiger partial charge in [-0.1, -0.05) is 0 Å². The molecule has 1 heterocycles. The number of imidazole rings is 1. The Balaban J connectivity index is 2.58. The van der Waals surface area contributed by atoms with E-state index < -0.39 is 29.2 Å². The number of rotatable bonds is 10. The zero-order chi connectivity index (χ0) is 19.0. The van der Waals surface area contributed by atoms with Crippen molar-refractivity contribution in [2.45, 2.75) is 46.1 Å². The van der Waals surface area contributed by atoms with Gasteiger partial charge in [0.2, 0.25) is 11.8 Å². The largest absolute Gasteiger partial charge is 0.481 e. The second-order valence-electron chi connectivity index (χ2n) is 6.28. The van der Waals surface area contributed by atoms with Crippen molar-refractivity contribution >= 4 is 23.6 Å². The van der Waals surface area contributed by atoms with Gasteiger partial charge in [-0.2, -0.15) is 0 Å². The van der Waals surface area contributed by atoms with Gasteiger partial charge < -0.3 is 20.7 Å². The maximum Gasteiger partial charge on any atom is 0.303 e. The van der Waals surface area contributed by atoms with E-state index in [4.69, 9.17) is 5.11 Å². The second-order valence-corrected chi connectivity index (χ2v) is 6.28. The van der Waals surface area contributed by atoms with Gasteiger partial charge in [0.25, 0.3) is 0 Å². The summed E-state index contributed by atoms with van der Waals surface area (Å²) in [4.78, 5) is 53.6. The van der Waals surface area contributed by atoms with Crippen LogP contribution in [0, 0.1) is 5.41 Å². The molecule has 1 aromatic rings. The minimum absolute atomic E-state index is 0.0199. The summed E-state index contributed by atoms with van der Waals surface area (Å²) in [5.41, 5.74) is -0.543. The number of Topliss-reactive ketones (excluding diaryl/α,β-unsaturated/α-hetero) is 1. The molecule has 9 nitrogen and oxygen atoms in total. The molecule has 9 heteroatoms. The number of ketones is 1. The van der Waals surface area contributed by atoms with Gasteiger partial charge in [-0.25, -0.2) is 4.98 Å². The van der Waals surface area contributed by atoms with Crippen LogP contribution in [0.1, 0.15) is 39.3 Å². The number of nitrogens with one attached hydrogen (secondary N) is 3. The van der Waals surface area contributed by atoms with Crippen LogP contribution in [0.2, 0.25) is 0 Å². The van der Waals surface area contributed by atoms with Crippen LogP contribution in [0.4, 0.5) is 0 Å². The molecule has 0 unspecified atom stereocenters. The summed E-state index contributed by atoms with van der Waals surface area (Å²) in [7, 11) is 0. The van der Waals surface area contributed by atoms with Gasteiger partial charge in [-0.3, -0.25) is 19.2 Å². The number of aromatic amines is 1. The number of carboxylic acid groups (broad SMARTS) is 1. The number of hydrogen-bond acceptors (Lipinski definition) is 5. The molecule has 0 aliphatic heterocycles. The second kappa shape index (κ2) is 8.95. The highest BCUT2D eigenvalue weighted by atomic mass is 16.4. The van der Waals surface area contributed by atoms with E-state index >= 15 is 0 Å². The van der Waals surface area contributed by atoms with Crippen molar-refractivity contribution in [2.24, 2.45) is 5.41 Å². The maximum absolute atomic E-state index is 12.4. The molecule has 0 aliphatic carbocycles. The molecule has 0 fully saturated rings. The first-order chi connectivity index (χ1) is 11.6. The first-order valence-corrected chi connectivity index (χ1v) is 7.93. The highest BCUT2D eigenvalue weighted by Crippen LogP contribution is 2.16. The lowest BCUT2D eigenvalue weighted by molar-refractivity contribution is -0.143. The van der Waals surface area contributed by atoms with E-state index in [9.17, 15) is 19.2 Å².